The number of methoxy groups -OCH3 is 1. The zero-order chi connectivity index (χ0) is 17.7. The summed E-state index contributed by atoms with van der Waals surface area (Å²) in [6, 6.07) is 9.30. The van der Waals surface area contributed by atoms with Gasteiger partial charge in [-0.1, -0.05) is 18.6 Å². The lowest BCUT2D eigenvalue weighted by Crippen LogP contribution is -2.59. The predicted molar refractivity (Wildman–Crippen MR) is 106 cm³/mol. The minimum absolute atomic E-state index is 0.790. The van der Waals surface area contributed by atoms with Crippen LogP contribution < -0.4 is 9.64 Å². The van der Waals surface area contributed by atoms with Crippen molar-refractivity contribution in [1.82, 2.24) is 9.88 Å². The number of aryl methyl sites for hydroxylation is 1. The predicted octanol–water partition coefficient (Wildman–Crippen LogP) is 3.86. The Labute approximate surface area is 156 Å². The first-order valence-electron chi connectivity index (χ1n) is 10.2. The molecule has 3 aliphatic rings. The molecule has 0 N–H and O–H groups in total. The smallest absolute Gasteiger partial charge is 0.145 e. The van der Waals surface area contributed by atoms with Crippen LogP contribution in [0.2, 0.25) is 0 Å². The lowest BCUT2D eigenvalue weighted by molar-refractivity contribution is 0.0185. The molecule has 4 heterocycles. The standard InChI is InChI=1S/C22H29N3O/c1-15-10-21(23-22-18(15)6-5-8-20(22)26-2)25-13-16-11-17(14-25)19-7-3-4-9-24(19)12-16/h5-6,8,10,16-17,19H,3-4,7,9,11-14H2,1-2H3/t16-,17-,19+/m1/s1. The lowest BCUT2D eigenvalue weighted by atomic mass is 9.76. The fraction of sp³-hybridized carbons (Fsp3) is 0.591. The summed E-state index contributed by atoms with van der Waals surface area (Å²) in [6.07, 6.45) is 5.61. The van der Waals surface area contributed by atoms with E-state index in [1.54, 1.807) is 7.11 Å². The first-order chi connectivity index (χ1) is 12.7. The van der Waals surface area contributed by atoms with Crippen LogP contribution in [0, 0.1) is 18.8 Å². The van der Waals surface area contributed by atoms with E-state index in [0.717, 1.165) is 48.1 Å². The summed E-state index contributed by atoms with van der Waals surface area (Å²) in [7, 11) is 1.74. The molecule has 26 heavy (non-hydrogen) atoms. The van der Waals surface area contributed by atoms with Crippen molar-refractivity contribution in [2.24, 2.45) is 11.8 Å². The summed E-state index contributed by atoms with van der Waals surface area (Å²) < 4.78 is 5.58. The van der Waals surface area contributed by atoms with Crippen LogP contribution in [0.5, 0.6) is 5.75 Å². The molecule has 3 saturated heterocycles. The van der Waals surface area contributed by atoms with E-state index in [1.165, 1.54) is 49.7 Å². The van der Waals surface area contributed by atoms with E-state index >= 15 is 0 Å². The van der Waals surface area contributed by atoms with Gasteiger partial charge in [-0.3, -0.25) is 4.90 Å². The number of para-hydroxylation sites is 1. The molecule has 3 atom stereocenters. The number of pyridine rings is 1. The Bertz CT molecular complexity index is 820. The van der Waals surface area contributed by atoms with Crippen LogP contribution in [0.4, 0.5) is 5.82 Å². The zero-order valence-corrected chi connectivity index (χ0v) is 15.9. The average molecular weight is 351 g/mol. The number of ether oxygens (including phenoxy) is 1. The monoisotopic (exact) mass is 351 g/mol. The van der Waals surface area contributed by atoms with Crippen LogP contribution in [0.3, 0.4) is 0 Å². The molecule has 4 heteroatoms. The number of hydrogen-bond donors (Lipinski definition) is 0. The highest BCUT2D eigenvalue weighted by Gasteiger charge is 2.41. The van der Waals surface area contributed by atoms with Crippen LogP contribution in [0.25, 0.3) is 10.9 Å². The van der Waals surface area contributed by atoms with Crippen molar-refractivity contribution in [3.8, 4) is 5.75 Å². The topological polar surface area (TPSA) is 28.6 Å². The van der Waals surface area contributed by atoms with E-state index < -0.39 is 0 Å². The van der Waals surface area contributed by atoms with Crippen LogP contribution >= 0.6 is 0 Å². The molecule has 4 nitrogen and oxygen atoms in total. The van der Waals surface area contributed by atoms with Gasteiger partial charge in [0.1, 0.15) is 17.1 Å². The maximum Gasteiger partial charge on any atom is 0.145 e. The summed E-state index contributed by atoms with van der Waals surface area (Å²) in [6.45, 7) is 7.11. The molecule has 1 aromatic heterocycles. The quantitative estimate of drug-likeness (QED) is 0.821. The third-order valence-electron chi connectivity index (χ3n) is 6.81. The van der Waals surface area contributed by atoms with Gasteiger partial charge < -0.3 is 9.64 Å². The Morgan fingerprint density at radius 1 is 1.15 bits per heavy atom. The van der Waals surface area contributed by atoms with Crippen molar-refractivity contribution in [2.75, 3.05) is 38.2 Å². The van der Waals surface area contributed by atoms with Gasteiger partial charge in [0.25, 0.3) is 0 Å². The van der Waals surface area contributed by atoms with Crippen LogP contribution in [-0.4, -0.2) is 49.2 Å². The normalized spacial score (nSPS) is 28.8. The molecule has 2 aromatic rings. The highest BCUT2D eigenvalue weighted by atomic mass is 16.5. The van der Waals surface area contributed by atoms with Gasteiger partial charge in [0.05, 0.1) is 7.11 Å². The Hall–Kier alpha value is -1.81. The Balaban J connectivity index is 1.49. The summed E-state index contributed by atoms with van der Waals surface area (Å²) in [5.41, 5.74) is 2.29. The van der Waals surface area contributed by atoms with Gasteiger partial charge in [0.2, 0.25) is 0 Å². The van der Waals surface area contributed by atoms with E-state index in [9.17, 15) is 0 Å². The third kappa shape index (κ3) is 2.66. The second kappa shape index (κ2) is 6.41. The van der Waals surface area contributed by atoms with Gasteiger partial charge >= 0.3 is 0 Å². The summed E-state index contributed by atoms with van der Waals surface area (Å²) in [4.78, 5) is 10.4. The molecule has 0 radical (unpaired) electrons. The van der Waals surface area contributed by atoms with Crippen molar-refractivity contribution < 1.29 is 4.74 Å². The number of anilines is 1. The molecule has 0 spiro atoms. The summed E-state index contributed by atoms with van der Waals surface area (Å²) >= 11 is 0. The zero-order valence-electron chi connectivity index (χ0n) is 15.9. The molecule has 5 rings (SSSR count). The fourth-order valence-electron chi connectivity index (χ4n) is 5.65. The maximum absolute atomic E-state index is 5.58. The Kier molecular flexibility index (Phi) is 4.04. The molecule has 0 amide bonds. The van der Waals surface area contributed by atoms with E-state index in [-0.39, 0.29) is 0 Å². The SMILES string of the molecule is COc1cccc2c(C)cc(N3C[C@@H]4C[C@H](C3)[C@@H]3CCCCN3C4)nc12. The first-order valence-corrected chi connectivity index (χ1v) is 10.2. The molecular weight excluding hydrogens is 322 g/mol. The van der Waals surface area contributed by atoms with Crippen molar-refractivity contribution in [3.05, 3.63) is 29.8 Å². The van der Waals surface area contributed by atoms with Gasteiger partial charge in [-0.2, -0.15) is 0 Å². The minimum Gasteiger partial charge on any atom is -0.494 e. The second-order valence-corrected chi connectivity index (χ2v) is 8.48. The molecule has 0 saturated carbocycles. The second-order valence-electron chi connectivity index (χ2n) is 8.48. The molecule has 3 aliphatic heterocycles. The van der Waals surface area contributed by atoms with E-state index in [2.05, 4.69) is 34.9 Å². The number of benzene rings is 1. The van der Waals surface area contributed by atoms with Gasteiger partial charge in [-0.15, -0.1) is 0 Å². The molecule has 0 aliphatic carbocycles. The van der Waals surface area contributed by atoms with Crippen LogP contribution in [0.15, 0.2) is 24.3 Å². The number of rotatable bonds is 2. The number of fused-ring (bicyclic) bond motifs is 5. The van der Waals surface area contributed by atoms with Crippen molar-refractivity contribution in [3.63, 3.8) is 0 Å². The molecule has 3 fully saturated rings. The van der Waals surface area contributed by atoms with Crippen LogP contribution in [-0.2, 0) is 0 Å². The van der Waals surface area contributed by atoms with Crippen LogP contribution in [0.1, 0.15) is 31.2 Å². The average Bonchev–Trinajstić information content (AvgIpc) is 2.67. The summed E-state index contributed by atoms with van der Waals surface area (Å²) in [5.74, 6) is 3.61. The van der Waals surface area contributed by atoms with Crippen molar-refractivity contribution in [1.29, 1.82) is 0 Å². The molecular formula is C22H29N3O. The number of nitrogens with zero attached hydrogens (tertiary/aromatic N) is 3. The van der Waals surface area contributed by atoms with E-state index in [0.29, 0.717) is 0 Å². The van der Waals surface area contributed by atoms with Gasteiger partial charge in [-0.25, -0.2) is 4.98 Å². The highest BCUT2D eigenvalue weighted by Crippen LogP contribution is 2.39. The maximum atomic E-state index is 5.58. The minimum atomic E-state index is 0.790. The third-order valence-corrected chi connectivity index (χ3v) is 6.81. The number of hydrogen-bond acceptors (Lipinski definition) is 4. The number of piperidine rings is 3. The van der Waals surface area contributed by atoms with E-state index in [4.69, 9.17) is 9.72 Å². The first kappa shape index (κ1) is 16.4. The number of aromatic nitrogens is 1. The molecule has 138 valence electrons. The summed E-state index contributed by atoms with van der Waals surface area (Å²) in [5, 5.41) is 1.20. The Morgan fingerprint density at radius 2 is 2.08 bits per heavy atom. The molecule has 0 unspecified atom stereocenters. The van der Waals surface area contributed by atoms with Crippen molar-refractivity contribution >= 4 is 16.7 Å². The van der Waals surface area contributed by atoms with Crippen molar-refractivity contribution in [2.45, 2.75) is 38.6 Å². The van der Waals surface area contributed by atoms with Gasteiger partial charge in [-0.05, 0) is 62.3 Å². The Morgan fingerprint density at radius 3 is 2.96 bits per heavy atom. The lowest BCUT2D eigenvalue weighted by Gasteiger charge is -2.52. The highest BCUT2D eigenvalue weighted by molar-refractivity contribution is 5.88. The molecule has 1 aromatic carbocycles. The van der Waals surface area contributed by atoms with Gasteiger partial charge in [0.15, 0.2) is 0 Å². The largest absolute Gasteiger partial charge is 0.494 e. The van der Waals surface area contributed by atoms with Gasteiger partial charge in [0, 0.05) is 31.1 Å². The molecule has 2 bridgehead atoms. The van der Waals surface area contributed by atoms with E-state index in [1.807, 2.05) is 6.07 Å². The fourth-order valence-corrected chi connectivity index (χ4v) is 5.65.